The molecule has 0 radical (unpaired) electrons. The number of hydrogen-bond acceptors (Lipinski definition) is 7. The molecule has 0 saturated carbocycles. The average Bonchev–Trinajstić information content (AvgIpc) is 2.77. The van der Waals surface area contributed by atoms with Crippen molar-refractivity contribution < 1.29 is 18.0 Å². The lowest BCUT2D eigenvalue weighted by molar-refractivity contribution is -0.117. The Morgan fingerprint density at radius 3 is 2.44 bits per heavy atom. The molecule has 0 aliphatic heterocycles. The second kappa shape index (κ2) is 11.5. The van der Waals surface area contributed by atoms with E-state index < -0.39 is 21.2 Å². The van der Waals surface area contributed by atoms with E-state index >= 15 is 0 Å². The molecule has 34 heavy (non-hydrogen) atoms. The number of thioether (sulfide) groups is 1. The number of aromatic nitrogens is 1. The fourth-order valence-corrected chi connectivity index (χ4v) is 5.77. The van der Waals surface area contributed by atoms with Crippen LogP contribution in [0, 0.1) is 11.3 Å². The third-order valence-corrected chi connectivity index (χ3v) is 8.33. The maximum absolute atomic E-state index is 12.9. The van der Waals surface area contributed by atoms with E-state index in [1.165, 1.54) is 48.9 Å². The zero-order valence-electron chi connectivity index (χ0n) is 19.3. The van der Waals surface area contributed by atoms with Gasteiger partial charge in [0.05, 0.1) is 15.7 Å². The predicted molar refractivity (Wildman–Crippen MR) is 131 cm³/mol. The number of carbonyl (C=O) groups excluding carboxylic acids is 2. The molecule has 1 atom stereocenters. The molecule has 0 spiro atoms. The maximum atomic E-state index is 12.9. The van der Waals surface area contributed by atoms with Gasteiger partial charge in [-0.3, -0.25) is 9.59 Å². The smallest absolute Gasteiger partial charge is 0.264 e. The zero-order chi connectivity index (χ0) is 24.7. The number of nitrogens with one attached hydrogen (secondary N) is 2. The first-order valence-corrected chi connectivity index (χ1v) is 13.6. The summed E-state index contributed by atoms with van der Waals surface area (Å²) < 4.78 is 26.1. The Kier molecular flexibility index (Phi) is 8.69. The Morgan fingerprint density at radius 2 is 1.82 bits per heavy atom. The average molecular weight is 501 g/mol. The Hall–Kier alpha value is -2.90. The van der Waals surface area contributed by atoms with Crippen molar-refractivity contribution in [1.29, 1.82) is 5.26 Å². The number of fused-ring (bicyclic) bond motifs is 1. The lowest BCUT2D eigenvalue weighted by Crippen LogP contribution is -2.28. The summed E-state index contributed by atoms with van der Waals surface area (Å²) in [4.78, 5) is 28.7. The highest BCUT2D eigenvalue weighted by atomic mass is 32.2. The molecule has 1 heterocycles. The highest BCUT2D eigenvalue weighted by molar-refractivity contribution is 8.00. The van der Waals surface area contributed by atoms with Gasteiger partial charge in [-0.15, -0.1) is 0 Å². The second-order valence-electron chi connectivity index (χ2n) is 8.16. The first-order chi connectivity index (χ1) is 16.2. The van der Waals surface area contributed by atoms with Crippen LogP contribution in [0.25, 0.3) is 0 Å². The molecule has 1 unspecified atom stereocenters. The van der Waals surface area contributed by atoms with E-state index in [0.717, 1.165) is 43.9 Å². The van der Waals surface area contributed by atoms with Gasteiger partial charge in [0.2, 0.25) is 11.8 Å². The number of anilines is 1. The van der Waals surface area contributed by atoms with Gasteiger partial charge in [0, 0.05) is 18.3 Å². The van der Waals surface area contributed by atoms with Crippen LogP contribution in [0.4, 0.5) is 5.69 Å². The second-order valence-corrected chi connectivity index (χ2v) is 11.0. The number of carbonyl (C=O) groups is 2. The molecular weight excluding hydrogens is 472 g/mol. The summed E-state index contributed by atoms with van der Waals surface area (Å²) in [5.74, 6) is -0.943. The van der Waals surface area contributed by atoms with Crippen LogP contribution in [0.5, 0.6) is 0 Å². The minimum Gasteiger partial charge on any atom is -0.325 e. The number of rotatable bonds is 7. The van der Waals surface area contributed by atoms with E-state index in [0.29, 0.717) is 22.7 Å². The van der Waals surface area contributed by atoms with Gasteiger partial charge in [-0.25, -0.2) is 18.1 Å². The number of nitrogens with zero attached hydrogens (tertiary/aromatic N) is 2. The van der Waals surface area contributed by atoms with Crippen molar-refractivity contribution in [2.45, 2.75) is 74.0 Å². The first-order valence-electron chi connectivity index (χ1n) is 11.3. The topological polar surface area (TPSA) is 129 Å². The van der Waals surface area contributed by atoms with Crippen molar-refractivity contribution in [3.05, 3.63) is 47.2 Å². The predicted octanol–water partition coefficient (Wildman–Crippen LogP) is 3.95. The number of nitriles is 1. The summed E-state index contributed by atoms with van der Waals surface area (Å²) >= 11 is 1.28. The van der Waals surface area contributed by atoms with Gasteiger partial charge in [-0.2, -0.15) is 5.26 Å². The van der Waals surface area contributed by atoms with Crippen molar-refractivity contribution in [3.8, 4) is 6.07 Å². The molecule has 1 aromatic heterocycles. The maximum Gasteiger partial charge on any atom is 0.264 e. The molecule has 1 aromatic carbocycles. The lowest BCUT2D eigenvalue weighted by Gasteiger charge is -2.18. The molecule has 1 aliphatic carbocycles. The van der Waals surface area contributed by atoms with E-state index in [-0.39, 0.29) is 10.8 Å². The van der Waals surface area contributed by atoms with Crippen LogP contribution < -0.4 is 10.0 Å². The number of amides is 2. The van der Waals surface area contributed by atoms with Crippen molar-refractivity contribution in [2.24, 2.45) is 0 Å². The molecule has 2 N–H and O–H groups in total. The number of benzene rings is 1. The van der Waals surface area contributed by atoms with Crippen LogP contribution in [0.1, 0.15) is 62.8 Å². The summed E-state index contributed by atoms with van der Waals surface area (Å²) in [6.45, 7) is 3.01. The van der Waals surface area contributed by atoms with E-state index in [1.807, 2.05) is 17.7 Å². The third kappa shape index (κ3) is 6.58. The van der Waals surface area contributed by atoms with Gasteiger partial charge in [-0.1, -0.05) is 31.5 Å². The van der Waals surface area contributed by atoms with Crippen molar-refractivity contribution in [2.75, 3.05) is 5.32 Å². The van der Waals surface area contributed by atoms with Crippen LogP contribution in [-0.2, 0) is 32.5 Å². The fraction of sp³-hybridized carbons (Fsp3) is 0.417. The van der Waals surface area contributed by atoms with Crippen LogP contribution in [0.15, 0.2) is 40.3 Å². The molecule has 0 fully saturated rings. The highest BCUT2D eigenvalue weighted by Gasteiger charge is 2.23. The first kappa shape index (κ1) is 25.7. The summed E-state index contributed by atoms with van der Waals surface area (Å²) in [6.07, 6.45) is 6.86. The molecule has 0 saturated heterocycles. The molecule has 3 rings (SSSR count). The van der Waals surface area contributed by atoms with E-state index in [9.17, 15) is 23.3 Å². The van der Waals surface area contributed by atoms with Crippen LogP contribution in [0.2, 0.25) is 0 Å². The highest BCUT2D eigenvalue weighted by Crippen LogP contribution is 2.31. The Labute approximate surface area is 204 Å². The van der Waals surface area contributed by atoms with Crippen molar-refractivity contribution >= 4 is 39.3 Å². The number of hydrogen-bond donors (Lipinski definition) is 2. The minimum absolute atomic E-state index is 0.0780. The van der Waals surface area contributed by atoms with Gasteiger partial charge in [-0.05, 0) is 68.0 Å². The molecule has 1 aliphatic rings. The van der Waals surface area contributed by atoms with E-state index in [1.54, 1.807) is 0 Å². The van der Waals surface area contributed by atoms with Crippen LogP contribution in [-0.4, -0.2) is 30.5 Å². The largest absolute Gasteiger partial charge is 0.325 e. The quantitative estimate of drug-likeness (QED) is 0.551. The van der Waals surface area contributed by atoms with Crippen LogP contribution >= 0.6 is 11.8 Å². The normalized spacial score (nSPS) is 14.6. The molecule has 0 bridgehead atoms. The van der Waals surface area contributed by atoms with Crippen LogP contribution in [0.3, 0.4) is 0 Å². The zero-order valence-corrected chi connectivity index (χ0v) is 20.9. The van der Waals surface area contributed by atoms with Gasteiger partial charge >= 0.3 is 0 Å². The van der Waals surface area contributed by atoms with Gasteiger partial charge in [0.25, 0.3) is 10.0 Å². The molecular formula is C24H28N4O4S2. The lowest BCUT2D eigenvalue weighted by atomic mass is 9.96. The van der Waals surface area contributed by atoms with Crippen molar-refractivity contribution in [1.82, 2.24) is 9.71 Å². The van der Waals surface area contributed by atoms with Crippen molar-refractivity contribution in [3.63, 3.8) is 0 Å². The van der Waals surface area contributed by atoms with Gasteiger partial charge < -0.3 is 5.32 Å². The summed E-state index contributed by atoms with van der Waals surface area (Å²) in [5.41, 5.74) is 3.07. The molecule has 2 aromatic rings. The number of pyridine rings is 1. The Balaban J connectivity index is 1.74. The monoisotopic (exact) mass is 500 g/mol. The number of aryl methyl sites for hydroxylation is 2. The SMILES string of the molecule is CCC(Sc1nc2c(cc1C#N)CCCCCC2)C(=O)Nc1ccc(S(=O)(=O)NC(C)=O)cc1. The summed E-state index contributed by atoms with van der Waals surface area (Å²) in [6, 6.07) is 9.73. The fourth-order valence-electron chi connectivity index (χ4n) is 3.78. The summed E-state index contributed by atoms with van der Waals surface area (Å²) in [5, 5.41) is 12.6. The Morgan fingerprint density at radius 1 is 1.15 bits per heavy atom. The van der Waals surface area contributed by atoms with Gasteiger partial charge in [0.15, 0.2) is 0 Å². The molecule has 10 heteroatoms. The van der Waals surface area contributed by atoms with E-state index in [2.05, 4.69) is 11.4 Å². The summed E-state index contributed by atoms with van der Waals surface area (Å²) in [7, 11) is -3.94. The van der Waals surface area contributed by atoms with E-state index in [4.69, 9.17) is 4.98 Å². The Bertz CT molecular complexity index is 1200. The standard InChI is InChI=1S/C24H28N4O4S2/c1-3-22(23(30)26-19-10-12-20(13-11-19)34(31,32)28-16(2)29)33-24-18(15-25)14-17-8-6-4-5-7-9-21(17)27-24/h10-14,22H,3-9H2,1-2H3,(H,26,30)(H,28,29). The third-order valence-electron chi connectivity index (χ3n) is 5.51. The number of sulfonamides is 1. The minimum atomic E-state index is -3.94. The molecule has 8 nitrogen and oxygen atoms in total. The molecule has 180 valence electrons. The molecule has 2 amide bonds. The van der Waals surface area contributed by atoms with Gasteiger partial charge in [0.1, 0.15) is 11.1 Å².